The molecule has 21 heavy (non-hydrogen) atoms. The lowest BCUT2D eigenvalue weighted by molar-refractivity contribution is 0.0933. The minimum absolute atomic E-state index is 0.0572. The molecule has 2 aromatic rings. The number of carbonyl (C=O) groups excluding carboxylic acids is 1. The zero-order valence-corrected chi connectivity index (χ0v) is 11.6. The molecule has 1 atom stereocenters. The summed E-state index contributed by atoms with van der Waals surface area (Å²) in [5, 5.41) is 3.07. The molecule has 1 fully saturated rings. The van der Waals surface area contributed by atoms with Gasteiger partial charge in [0.2, 0.25) is 5.95 Å². The predicted octanol–water partition coefficient (Wildman–Crippen LogP) is 1.27. The first-order valence-corrected chi connectivity index (χ1v) is 7.06. The highest BCUT2D eigenvalue weighted by molar-refractivity contribution is 5.94. The third-order valence-electron chi connectivity index (χ3n) is 3.53. The first-order valence-electron chi connectivity index (χ1n) is 7.06. The van der Waals surface area contributed by atoms with Gasteiger partial charge >= 0.3 is 0 Å². The molecule has 0 saturated carbocycles. The van der Waals surface area contributed by atoms with Crippen LogP contribution in [0.2, 0.25) is 0 Å². The minimum atomic E-state index is -0.0572. The van der Waals surface area contributed by atoms with E-state index in [9.17, 15) is 4.79 Å². The van der Waals surface area contributed by atoms with Crippen molar-refractivity contribution in [1.29, 1.82) is 0 Å². The Morgan fingerprint density at radius 3 is 2.71 bits per heavy atom. The standard InChI is InChI=1S/C15H17N5O/c21-14(12-4-8-16-9-5-12)19-13-3-1-10-20(11-13)15-17-6-2-7-18-15/h2,4-9,13H,1,3,10-11H2,(H,19,21)/t13-/m0/s1. The molecule has 6 heteroatoms. The molecule has 0 radical (unpaired) electrons. The van der Waals surface area contributed by atoms with Crippen molar-refractivity contribution in [3.05, 3.63) is 48.5 Å². The van der Waals surface area contributed by atoms with Gasteiger partial charge in [0.15, 0.2) is 0 Å². The average Bonchev–Trinajstić information content (AvgIpc) is 2.57. The van der Waals surface area contributed by atoms with Crippen LogP contribution in [0.1, 0.15) is 23.2 Å². The summed E-state index contributed by atoms with van der Waals surface area (Å²) in [5.41, 5.74) is 0.637. The van der Waals surface area contributed by atoms with Gasteiger partial charge in [0.05, 0.1) is 0 Å². The lowest BCUT2D eigenvalue weighted by Gasteiger charge is -2.33. The topological polar surface area (TPSA) is 71.0 Å². The molecule has 3 heterocycles. The van der Waals surface area contributed by atoms with Crippen LogP contribution in [0.15, 0.2) is 43.0 Å². The first-order chi connectivity index (χ1) is 10.3. The Hall–Kier alpha value is -2.50. The second-order valence-electron chi connectivity index (χ2n) is 5.04. The van der Waals surface area contributed by atoms with Crippen LogP contribution in [-0.2, 0) is 0 Å². The summed E-state index contributed by atoms with van der Waals surface area (Å²) in [5.74, 6) is 0.665. The highest BCUT2D eigenvalue weighted by atomic mass is 16.1. The zero-order chi connectivity index (χ0) is 14.5. The molecule has 0 aromatic carbocycles. The Morgan fingerprint density at radius 1 is 1.19 bits per heavy atom. The first kappa shape index (κ1) is 13.5. The van der Waals surface area contributed by atoms with Crippen LogP contribution in [0.5, 0.6) is 0 Å². The Kier molecular flexibility index (Phi) is 4.04. The summed E-state index contributed by atoms with van der Waals surface area (Å²) in [4.78, 5) is 26.7. The molecule has 0 unspecified atom stereocenters. The Balaban J connectivity index is 1.63. The van der Waals surface area contributed by atoms with Gasteiger partial charge in [0.1, 0.15) is 0 Å². The SMILES string of the molecule is O=C(N[C@H]1CCCN(c2ncccn2)C1)c1ccncc1. The summed E-state index contributed by atoms with van der Waals surface area (Å²) < 4.78 is 0. The van der Waals surface area contributed by atoms with Crippen molar-refractivity contribution < 1.29 is 4.79 Å². The van der Waals surface area contributed by atoms with Gasteiger partial charge in [-0.3, -0.25) is 9.78 Å². The molecule has 6 nitrogen and oxygen atoms in total. The fourth-order valence-electron chi connectivity index (χ4n) is 2.50. The quantitative estimate of drug-likeness (QED) is 0.918. The Labute approximate surface area is 123 Å². The maximum Gasteiger partial charge on any atom is 0.251 e. The summed E-state index contributed by atoms with van der Waals surface area (Å²) in [6, 6.07) is 5.35. The maximum absolute atomic E-state index is 12.2. The second-order valence-corrected chi connectivity index (χ2v) is 5.04. The van der Waals surface area contributed by atoms with Crippen molar-refractivity contribution in [3.63, 3.8) is 0 Å². The van der Waals surface area contributed by atoms with E-state index in [1.165, 1.54) is 0 Å². The predicted molar refractivity (Wildman–Crippen MR) is 79.0 cm³/mol. The summed E-state index contributed by atoms with van der Waals surface area (Å²) in [6.45, 7) is 1.66. The van der Waals surface area contributed by atoms with Gasteiger partial charge in [0, 0.05) is 49.5 Å². The third-order valence-corrected chi connectivity index (χ3v) is 3.53. The lowest BCUT2D eigenvalue weighted by Crippen LogP contribution is -2.48. The van der Waals surface area contributed by atoms with Crippen molar-refractivity contribution in [3.8, 4) is 0 Å². The number of rotatable bonds is 3. The van der Waals surface area contributed by atoms with E-state index in [0.717, 1.165) is 31.9 Å². The van der Waals surface area contributed by atoms with Crippen LogP contribution in [0, 0.1) is 0 Å². The minimum Gasteiger partial charge on any atom is -0.348 e. The van der Waals surface area contributed by atoms with Crippen molar-refractivity contribution in [1.82, 2.24) is 20.3 Å². The number of hydrogen-bond acceptors (Lipinski definition) is 5. The normalized spacial score (nSPS) is 18.3. The Morgan fingerprint density at radius 2 is 1.95 bits per heavy atom. The molecule has 2 aromatic heterocycles. The summed E-state index contributed by atoms with van der Waals surface area (Å²) in [7, 11) is 0. The molecule has 1 aliphatic rings. The number of pyridine rings is 1. The molecular weight excluding hydrogens is 266 g/mol. The van der Waals surface area contributed by atoms with E-state index in [1.54, 1.807) is 43.0 Å². The van der Waals surface area contributed by atoms with E-state index in [4.69, 9.17) is 0 Å². The summed E-state index contributed by atoms with van der Waals surface area (Å²) in [6.07, 6.45) is 8.71. The number of anilines is 1. The number of piperidine rings is 1. The second kappa shape index (κ2) is 6.30. The number of aromatic nitrogens is 3. The van der Waals surface area contributed by atoms with E-state index in [0.29, 0.717) is 5.56 Å². The molecule has 0 bridgehead atoms. The Bertz CT molecular complexity index is 590. The van der Waals surface area contributed by atoms with Crippen LogP contribution in [0.4, 0.5) is 5.95 Å². The molecule has 1 amide bonds. The van der Waals surface area contributed by atoms with Gasteiger partial charge in [0.25, 0.3) is 5.91 Å². The molecule has 0 spiro atoms. The van der Waals surface area contributed by atoms with Gasteiger partial charge in [-0.2, -0.15) is 0 Å². The highest BCUT2D eigenvalue weighted by Crippen LogP contribution is 2.15. The number of hydrogen-bond donors (Lipinski definition) is 1. The number of carbonyl (C=O) groups is 1. The molecule has 3 rings (SSSR count). The van der Waals surface area contributed by atoms with Crippen LogP contribution in [-0.4, -0.2) is 40.0 Å². The number of amides is 1. The van der Waals surface area contributed by atoms with E-state index in [-0.39, 0.29) is 11.9 Å². The number of nitrogens with zero attached hydrogens (tertiary/aromatic N) is 4. The van der Waals surface area contributed by atoms with Crippen LogP contribution < -0.4 is 10.2 Å². The van der Waals surface area contributed by atoms with Gasteiger partial charge < -0.3 is 10.2 Å². The van der Waals surface area contributed by atoms with Gasteiger partial charge in [-0.15, -0.1) is 0 Å². The largest absolute Gasteiger partial charge is 0.348 e. The smallest absolute Gasteiger partial charge is 0.251 e. The van der Waals surface area contributed by atoms with Gasteiger partial charge in [-0.05, 0) is 31.0 Å². The van der Waals surface area contributed by atoms with Crippen LogP contribution >= 0.6 is 0 Å². The molecule has 0 aliphatic carbocycles. The summed E-state index contributed by atoms with van der Waals surface area (Å²) >= 11 is 0. The monoisotopic (exact) mass is 283 g/mol. The molecule has 1 N–H and O–H groups in total. The van der Waals surface area contributed by atoms with E-state index >= 15 is 0 Å². The highest BCUT2D eigenvalue weighted by Gasteiger charge is 2.23. The average molecular weight is 283 g/mol. The van der Waals surface area contributed by atoms with Crippen LogP contribution in [0.3, 0.4) is 0 Å². The van der Waals surface area contributed by atoms with Crippen molar-refractivity contribution >= 4 is 11.9 Å². The molecule has 1 aliphatic heterocycles. The fraction of sp³-hybridized carbons (Fsp3) is 0.333. The fourth-order valence-corrected chi connectivity index (χ4v) is 2.50. The van der Waals surface area contributed by atoms with Gasteiger partial charge in [-0.25, -0.2) is 9.97 Å². The van der Waals surface area contributed by atoms with Crippen molar-refractivity contribution in [2.75, 3.05) is 18.0 Å². The van der Waals surface area contributed by atoms with E-state index in [2.05, 4.69) is 25.2 Å². The molecule has 108 valence electrons. The number of nitrogens with one attached hydrogen (secondary N) is 1. The van der Waals surface area contributed by atoms with Crippen molar-refractivity contribution in [2.24, 2.45) is 0 Å². The maximum atomic E-state index is 12.2. The lowest BCUT2D eigenvalue weighted by atomic mass is 10.1. The zero-order valence-electron chi connectivity index (χ0n) is 11.6. The third kappa shape index (κ3) is 3.34. The molecular formula is C15H17N5O. The van der Waals surface area contributed by atoms with E-state index < -0.39 is 0 Å². The van der Waals surface area contributed by atoms with E-state index in [1.807, 2.05) is 0 Å². The molecule has 1 saturated heterocycles. The van der Waals surface area contributed by atoms with Crippen LogP contribution in [0.25, 0.3) is 0 Å². The van der Waals surface area contributed by atoms with Gasteiger partial charge in [-0.1, -0.05) is 0 Å². The van der Waals surface area contributed by atoms with Crippen molar-refractivity contribution in [2.45, 2.75) is 18.9 Å².